The molecule has 0 heterocycles. The molecule has 0 saturated heterocycles. The number of aromatic hydroxyl groups is 1. The predicted molar refractivity (Wildman–Crippen MR) is 118 cm³/mol. The van der Waals surface area contributed by atoms with Crippen molar-refractivity contribution < 1.29 is 19.7 Å². The van der Waals surface area contributed by atoms with Crippen LogP contribution >= 0.6 is 11.8 Å². The average Bonchev–Trinajstić information content (AvgIpc) is 2.73. The number of anilines is 1. The van der Waals surface area contributed by atoms with Crippen LogP contribution in [-0.2, 0) is 4.74 Å². The molecule has 0 unspecified atom stereocenters. The highest BCUT2D eigenvalue weighted by molar-refractivity contribution is 7.98. The van der Waals surface area contributed by atoms with Gasteiger partial charge in [0.2, 0.25) is 0 Å². The van der Waals surface area contributed by atoms with E-state index in [1.807, 2.05) is 61.7 Å². The second-order valence-electron chi connectivity index (χ2n) is 6.89. The summed E-state index contributed by atoms with van der Waals surface area (Å²) in [6, 6.07) is 18.4. The van der Waals surface area contributed by atoms with Gasteiger partial charge in [0, 0.05) is 28.1 Å². The molecule has 5 nitrogen and oxygen atoms in total. The van der Waals surface area contributed by atoms with Gasteiger partial charge in [-0.3, -0.25) is 5.32 Å². The second-order valence-corrected chi connectivity index (χ2v) is 7.77. The molecule has 0 aliphatic rings. The van der Waals surface area contributed by atoms with E-state index in [4.69, 9.17) is 4.74 Å². The van der Waals surface area contributed by atoms with Crippen LogP contribution in [0.25, 0.3) is 10.8 Å². The first-order chi connectivity index (χ1) is 14.0. The molecule has 0 aromatic heterocycles. The minimum atomic E-state index is -0.571. The Bertz CT molecular complexity index is 974. The van der Waals surface area contributed by atoms with E-state index < -0.39 is 12.2 Å². The van der Waals surface area contributed by atoms with Gasteiger partial charge in [-0.2, -0.15) is 0 Å². The minimum absolute atomic E-state index is 0.00515. The van der Waals surface area contributed by atoms with Crippen molar-refractivity contribution in [3.63, 3.8) is 0 Å². The summed E-state index contributed by atoms with van der Waals surface area (Å²) in [5, 5.41) is 23.9. The van der Waals surface area contributed by atoms with Crippen molar-refractivity contribution in [3.05, 3.63) is 66.2 Å². The number of rotatable bonds is 7. The van der Waals surface area contributed by atoms with E-state index in [0.29, 0.717) is 17.5 Å². The zero-order valence-corrected chi connectivity index (χ0v) is 17.3. The monoisotopic (exact) mass is 411 g/mol. The highest BCUT2D eigenvalue weighted by Gasteiger charge is 2.26. The topological polar surface area (TPSA) is 78.8 Å². The van der Waals surface area contributed by atoms with E-state index in [-0.39, 0.29) is 18.3 Å². The van der Waals surface area contributed by atoms with Crippen molar-refractivity contribution in [1.82, 2.24) is 0 Å². The number of ether oxygens (including phenoxy) is 1. The van der Waals surface area contributed by atoms with E-state index >= 15 is 0 Å². The fraction of sp³-hybridized carbons (Fsp3) is 0.261. The molecule has 29 heavy (non-hydrogen) atoms. The lowest BCUT2D eigenvalue weighted by Gasteiger charge is -2.25. The standard InChI is InChI=1S/C23H25NO4S/c1-15(13-14-25)22(20-11-12-21(26)19-6-4-3-5-18(19)20)28-23(27)24-16-7-9-17(29-2)10-8-16/h3-12,15,22,25-26H,13-14H2,1-2H3,(H,24,27)/t15-,22+/m1/s1. The SMILES string of the molecule is CSc1ccc(NC(=O)O[C@H](c2ccc(O)c3ccccc23)[C@H](C)CCO)cc1. The number of nitrogens with one attached hydrogen (secondary N) is 1. The first kappa shape index (κ1) is 21.0. The fourth-order valence-corrected chi connectivity index (χ4v) is 3.74. The van der Waals surface area contributed by atoms with Crippen molar-refractivity contribution in [2.45, 2.75) is 24.3 Å². The normalized spacial score (nSPS) is 13.1. The van der Waals surface area contributed by atoms with Crippen LogP contribution in [-0.4, -0.2) is 29.2 Å². The molecule has 3 aromatic carbocycles. The Labute approximate surface area is 174 Å². The Hall–Kier alpha value is -2.70. The Morgan fingerprint density at radius 2 is 1.76 bits per heavy atom. The molecule has 3 rings (SSSR count). The van der Waals surface area contributed by atoms with Crippen LogP contribution in [0.5, 0.6) is 5.75 Å². The van der Waals surface area contributed by atoms with Crippen molar-refractivity contribution in [3.8, 4) is 5.75 Å². The van der Waals surface area contributed by atoms with Crippen molar-refractivity contribution in [1.29, 1.82) is 0 Å². The molecule has 3 N–H and O–H groups in total. The summed E-state index contributed by atoms with van der Waals surface area (Å²) >= 11 is 1.63. The first-order valence-electron chi connectivity index (χ1n) is 9.46. The maximum absolute atomic E-state index is 12.6. The largest absolute Gasteiger partial charge is 0.507 e. The number of carbonyl (C=O) groups excluding carboxylic acids is 1. The molecule has 3 aromatic rings. The molecule has 152 valence electrons. The van der Waals surface area contributed by atoms with E-state index in [9.17, 15) is 15.0 Å². The van der Waals surface area contributed by atoms with Gasteiger partial charge in [0.1, 0.15) is 11.9 Å². The lowest BCUT2D eigenvalue weighted by Crippen LogP contribution is -2.22. The van der Waals surface area contributed by atoms with Gasteiger partial charge in [-0.25, -0.2) is 4.79 Å². The van der Waals surface area contributed by atoms with Gasteiger partial charge in [-0.1, -0.05) is 37.3 Å². The van der Waals surface area contributed by atoms with E-state index in [2.05, 4.69) is 5.32 Å². The molecular weight excluding hydrogens is 386 g/mol. The van der Waals surface area contributed by atoms with Crippen molar-refractivity contribution in [2.24, 2.45) is 5.92 Å². The summed E-state index contributed by atoms with van der Waals surface area (Å²) in [7, 11) is 0. The number of hydrogen-bond donors (Lipinski definition) is 3. The molecular formula is C23H25NO4S. The third kappa shape index (κ3) is 5.02. The number of hydrogen-bond acceptors (Lipinski definition) is 5. The van der Waals surface area contributed by atoms with Gasteiger partial charge < -0.3 is 14.9 Å². The van der Waals surface area contributed by atoms with Crippen LogP contribution in [0.4, 0.5) is 10.5 Å². The molecule has 1 amide bonds. The Balaban J connectivity index is 1.88. The highest BCUT2D eigenvalue weighted by atomic mass is 32.2. The smallest absolute Gasteiger partial charge is 0.412 e. The molecule has 0 fully saturated rings. The molecule has 0 saturated carbocycles. The van der Waals surface area contributed by atoms with Crippen LogP contribution < -0.4 is 5.32 Å². The fourth-order valence-electron chi connectivity index (χ4n) is 3.33. The summed E-state index contributed by atoms with van der Waals surface area (Å²) in [6.45, 7) is 1.93. The molecule has 6 heteroatoms. The third-order valence-electron chi connectivity index (χ3n) is 4.91. The zero-order chi connectivity index (χ0) is 20.8. The summed E-state index contributed by atoms with van der Waals surface area (Å²) < 4.78 is 5.81. The van der Waals surface area contributed by atoms with Gasteiger partial charge >= 0.3 is 6.09 Å². The van der Waals surface area contributed by atoms with Crippen LogP contribution in [0.2, 0.25) is 0 Å². The summed E-state index contributed by atoms with van der Waals surface area (Å²) in [6.07, 6.45) is 1.34. The van der Waals surface area contributed by atoms with Gasteiger partial charge in [0.25, 0.3) is 0 Å². The molecule has 0 spiro atoms. The number of carbonyl (C=O) groups is 1. The number of amides is 1. The predicted octanol–water partition coefficient (Wildman–Crippen LogP) is 5.58. The van der Waals surface area contributed by atoms with Crippen LogP contribution in [0.1, 0.15) is 25.0 Å². The first-order valence-corrected chi connectivity index (χ1v) is 10.7. The Morgan fingerprint density at radius 3 is 2.41 bits per heavy atom. The average molecular weight is 412 g/mol. The molecule has 0 bridgehead atoms. The minimum Gasteiger partial charge on any atom is -0.507 e. The molecule has 0 radical (unpaired) electrons. The molecule has 0 aliphatic heterocycles. The van der Waals surface area contributed by atoms with Crippen molar-refractivity contribution in [2.75, 3.05) is 18.2 Å². The van der Waals surface area contributed by atoms with Crippen LogP contribution in [0.3, 0.4) is 0 Å². The van der Waals surface area contributed by atoms with Gasteiger partial charge in [0.15, 0.2) is 0 Å². The summed E-state index contributed by atoms with van der Waals surface area (Å²) in [4.78, 5) is 13.7. The lowest BCUT2D eigenvalue weighted by atomic mass is 9.91. The number of fused-ring (bicyclic) bond motifs is 1. The van der Waals surface area contributed by atoms with Gasteiger partial charge in [-0.15, -0.1) is 11.8 Å². The summed E-state index contributed by atoms with van der Waals surface area (Å²) in [5.41, 5.74) is 1.45. The number of phenols is 1. The quantitative estimate of drug-likeness (QED) is 0.443. The Morgan fingerprint density at radius 1 is 1.07 bits per heavy atom. The van der Waals surface area contributed by atoms with E-state index in [1.54, 1.807) is 23.9 Å². The zero-order valence-electron chi connectivity index (χ0n) is 16.5. The van der Waals surface area contributed by atoms with E-state index in [0.717, 1.165) is 15.8 Å². The van der Waals surface area contributed by atoms with Gasteiger partial charge in [0.05, 0.1) is 0 Å². The van der Waals surface area contributed by atoms with Crippen LogP contribution in [0, 0.1) is 5.92 Å². The lowest BCUT2D eigenvalue weighted by molar-refractivity contribution is 0.0676. The van der Waals surface area contributed by atoms with Crippen molar-refractivity contribution >= 4 is 34.3 Å². The number of phenolic OH excluding ortho intramolecular Hbond substituents is 1. The number of aliphatic hydroxyl groups excluding tert-OH is 1. The Kier molecular flexibility index (Phi) is 7.01. The molecule has 2 atom stereocenters. The maximum Gasteiger partial charge on any atom is 0.412 e. The highest BCUT2D eigenvalue weighted by Crippen LogP contribution is 2.37. The number of thioether (sulfide) groups is 1. The van der Waals surface area contributed by atoms with Gasteiger partial charge in [-0.05, 0) is 54.3 Å². The second kappa shape index (κ2) is 9.67. The van der Waals surface area contributed by atoms with E-state index in [1.165, 1.54) is 0 Å². The number of aliphatic hydroxyl groups is 1. The third-order valence-corrected chi connectivity index (χ3v) is 5.66. The maximum atomic E-state index is 12.6. The number of benzene rings is 3. The summed E-state index contributed by atoms with van der Waals surface area (Å²) in [5.74, 6) is 0.0637. The molecule has 0 aliphatic carbocycles. The van der Waals surface area contributed by atoms with Crippen LogP contribution in [0.15, 0.2) is 65.6 Å².